The number of ether oxygens (including phenoxy) is 2. The fraction of sp³-hybridized carbons (Fsp3) is 0.577. The van der Waals surface area contributed by atoms with E-state index >= 15 is 0 Å². The lowest BCUT2D eigenvalue weighted by molar-refractivity contribution is 0.171. The minimum Gasteiger partial charge on any atom is -0.486 e. The molecule has 3 aliphatic heterocycles. The molecule has 4 heterocycles. The predicted octanol–water partition coefficient (Wildman–Crippen LogP) is 4.21. The Morgan fingerprint density at radius 3 is 2.06 bits per heavy atom. The third-order valence-electron chi connectivity index (χ3n) is 7.20. The van der Waals surface area contributed by atoms with Crippen LogP contribution < -0.4 is 29.9 Å². The van der Waals surface area contributed by atoms with Gasteiger partial charge in [-0.2, -0.15) is 9.97 Å². The summed E-state index contributed by atoms with van der Waals surface area (Å²) < 4.78 is 11.3. The van der Waals surface area contributed by atoms with Gasteiger partial charge in [-0.25, -0.2) is 0 Å². The van der Waals surface area contributed by atoms with Gasteiger partial charge < -0.3 is 29.9 Å². The van der Waals surface area contributed by atoms with Crippen LogP contribution in [-0.4, -0.2) is 54.5 Å². The van der Waals surface area contributed by atoms with Gasteiger partial charge in [-0.3, -0.25) is 0 Å². The monoisotopic (exact) mass is 496 g/mol. The Kier molecular flexibility index (Phi) is 7.41. The van der Waals surface area contributed by atoms with E-state index in [9.17, 15) is 0 Å². The molecule has 2 saturated heterocycles. The number of fused-ring (bicyclic) bond motifs is 1. The van der Waals surface area contributed by atoms with Crippen molar-refractivity contribution in [2.45, 2.75) is 46.1 Å². The first-order chi connectivity index (χ1) is 17.0. The first kappa shape index (κ1) is 23.9. The second kappa shape index (κ2) is 10.8. The van der Waals surface area contributed by atoms with Crippen molar-refractivity contribution in [3.8, 4) is 11.5 Å². The number of nitrogens with zero attached hydrogens (tertiary/aromatic N) is 4. The summed E-state index contributed by atoms with van der Waals surface area (Å²) in [4.78, 5) is 14.5. The highest BCUT2D eigenvalue weighted by Gasteiger charge is 2.22. The summed E-state index contributed by atoms with van der Waals surface area (Å²) in [7, 11) is 0. The second-order valence-corrected chi connectivity index (χ2v) is 10.4. The maximum atomic E-state index is 5.69. The van der Waals surface area contributed by atoms with Gasteiger partial charge in [0, 0.05) is 38.8 Å². The fourth-order valence-electron chi connectivity index (χ4n) is 4.80. The van der Waals surface area contributed by atoms with Crippen molar-refractivity contribution in [3.05, 3.63) is 29.8 Å². The average molecular weight is 497 g/mol. The van der Waals surface area contributed by atoms with Gasteiger partial charge in [0.15, 0.2) is 16.6 Å². The number of benzene rings is 1. The predicted molar refractivity (Wildman–Crippen MR) is 144 cm³/mol. The number of nitrogens with one attached hydrogen (secondary N) is 2. The SMILES string of the molecule is CC1CCN(c2cc(N3CCC(C)CC3)nc(NC(=S)NCc3ccc4c(c3)OCCO4)n2)CC1. The van der Waals surface area contributed by atoms with Crippen molar-refractivity contribution in [2.24, 2.45) is 11.8 Å². The van der Waals surface area contributed by atoms with Crippen molar-refractivity contribution in [2.75, 3.05) is 54.5 Å². The summed E-state index contributed by atoms with van der Waals surface area (Å²) in [5.74, 6) is 5.63. The molecule has 1 aromatic heterocycles. The summed E-state index contributed by atoms with van der Waals surface area (Å²) >= 11 is 5.60. The molecule has 2 fully saturated rings. The van der Waals surface area contributed by atoms with Crippen molar-refractivity contribution in [3.63, 3.8) is 0 Å². The third kappa shape index (κ3) is 6.07. The molecule has 0 atom stereocenters. The molecule has 3 aliphatic rings. The quantitative estimate of drug-likeness (QED) is 0.592. The number of hydrogen-bond acceptors (Lipinski definition) is 7. The molecule has 2 aromatic rings. The summed E-state index contributed by atoms with van der Waals surface area (Å²) in [6.07, 6.45) is 4.77. The molecule has 35 heavy (non-hydrogen) atoms. The zero-order valence-electron chi connectivity index (χ0n) is 20.8. The van der Waals surface area contributed by atoms with Crippen LogP contribution in [-0.2, 0) is 6.54 Å². The number of anilines is 3. The first-order valence-electron chi connectivity index (χ1n) is 12.9. The van der Waals surface area contributed by atoms with Gasteiger partial charge in [-0.05, 0) is 67.4 Å². The van der Waals surface area contributed by atoms with Gasteiger partial charge >= 0.3 is 0 Å². The topological polar surface area (TPSA) is 74.8 Å². The zero-order chi connectivity index (χ0) is 24.2. The molecule has 5 rings (SSSR count). The summed E-state index contributed by atoms with van der Waals surface area (Å²) in [5, 5.41) is 7.02. The van der Waals surface area contributed by atoms with Gasteiger partial charge in [0.1, 0.15) is 24.8 Å². The molecular formula is C26H36N6O2S. The second-order valence-electron chi connectivity index (χ2n) is 10.0. The van der Waals surface area contributed by atoms with Crippen LogP contribution in [0.25, 0.3) is 0 Å². The number of aromatic nitrogens is 2. The highest BCUT2D eigenvalue weighted by Crippen LogP contribution is 2.31. The lowest BCUT2D eigenvalue weighted by Gasteiger charge is -2.34. The summed E-state index contributed by atoms with van der Waals surface area (Å²) in [6.45, 7) is 10.5. The van der Waals surface area contributed by atoms with Gasteiger partial charge in [0.25, 0.3) is 0 Å². The van der Waals surface area contributed by atoms with Gasteiger partial charge in [-0.15, -0.1) is 0 Å². The van der Waals surface area contributed by atoms with E-state index < -0.39 is 0 Å². The van der Waals surface area contributed by atoms with E-state index in [0.717, 1.165) is 66.7 Å². The summed E-state index contributed by atoms with van der Waals surface area (Å²) in [6, 6.07) is 8.11. The van der Waals surface area contributed by atoms with Crippen molar-refractivity contribution in [1.29, 1.82) is 0 Å². The Hall–Kier alpha value is -2.81. The van der Waals surface area contributed by atoms with Crippen molar-refractivity contribution < 1.29 is 9.47 Å². The number of rotatable bonds is 5. The van der Waals surface area contributed by atoms with E-state index in [4.69, 9.17) is 31.7 Å². The molecule has 1 aromatic carbocycles. The molecule has 0 saturated carbocycles. The van der Waals surface area contributed by atoms with E-state index in [1.807, 2.05) is 18.2 Å². The van der Waals surface area contributed by atoms with E-state index in [1.165, 1.54) is 25.7 Å². The van der Waals surface area contributed by atoms with Crippen molar-refractivity contribution >= 4 is 34.9 Å². The molecule has 0 amide bonds. The maximum Gasteiger partial charge on any atom is 0.232 e. The largest absolute Gasteiger partial charge is 0.486 e. The Morgan fingerprint density at radius 2 is 1.46 bits per heavy atom. The van der Waals surface area contributed by atoms with E-state index in [0.29, 0.717) is 30.8 Å². The molecule has 0 spiro atoms. The highest BCUT2D eigenvalue weighted by atomic mass is 32.1. The van der Waals surface area contributed by atoms with Crippen LogP contribution in [0.4, 0.5) is 17.6 Å². The van der Waals surface area contributed by atoms with E-state index in [1.54, 1.807) is 0 Å². The van der Waals surface area contributed by atoms with Gasteiger partial charge in [0.2, 0.25) is 5.95 Å². The van der Waals surface area contributed by atoms with Gasteiger partial charge in [0.05, 0.1) is 0 Å². The number of hydrogen-bond donors (Lipinski definition) is 2. The standard InChI is InChI=1S/C26H36N6O2S/c1-18-5-9-31(10-6-18)23-16-24(32-11-7-19(2)8-12-32)29-25(28-23)30-26(35)27-17-20-3-4-21-22(15-20)34-14-13-33-21/h3-4,15-16,18-19H,5-14,17H2,1-2H3,(H2,27,28,29,30,35). The molecule has 0 bridgehead atoms. The first-order valence-corrected chi connectivity index (χ1v) is 13.3. The normalized spacial score (nSPS) is 18.9. The summed E-state index contributed by atoms with van der Waals surface area (Å²) in [5.41, 5.74) is 1.07. The maximum absolute atomic E-state index is 5.69. The molecular weight excluding hydrogens is 460 g/mol. The molecule has 0 radical (unpaired) electrons. The molecule has 0 aliphatic carbocycles. The Bertz CT molecular complexity index is 994. The minimum atomic E-state index is 0.502. The van der Waals surface area contributed by atoms with Crippen LogP contribution in [0.3, 0.4) is 0 Å². The zero-order valence-corrected chi connectivity index (χ0v) is 21.6. The lowest BCUT2D eigenvalue weighted by Crippen LogP contribution is -2.36. The number of piperidine rings is 2. The minimum absolute atomic E-state index is 0.502. The Balaban J connectivity index is 1.27. The van der Waals surface area contributed by atoms with Gasteiger partial charge in [-0.1, -0.05) is 19.9 Å². The Morgan fingerprint density at radius 1 is 0.886 bits per heavy atom. The van der Waals surface area contributed by atoms with Crippen LogP contribution in [0.2, 0.25) is 0 Å². The van der Waals surface area contributed by atoms with Crippen LogP contribution >= 0.6 is 12.2 Å². The van der Waals surface area contributed by atoms with Crippen LogP contribution in [0, 0.1) is 11.8 Å². The van der Waals surface area contributed by atoms with Crippen LogP contribution in [0.1, 0.15) is 45.1 Å². The third-order valence-corrected chi connectivity index (χ3v) is 7.45. The smallest absolute Gasteiger partial charge is 0.232 e. The molecule has 2 N–H and O–H groups in total. The molecule has 8 nitrogen and oxygen atoms in total. The highest BCUT2D eigenvalue weighted by molar-refractivity contribution is 7.80. The molecule has 188 valence electrons. The van der Waals surface area contributed by atoms with Crippen LogP contribution in [0.15, 0.2) is 24.3 Å². The van der Waals surface area contributed by atoms with E-state index in [-0.39, 0.29) is 0 Å². The molecule has 0 unspecified atom stereocenters. The lowest BCUT2D eigenvalue weighted by atomic mass is 9.99. The number of thiocarbonyl (C=S) groups is 1. The van der Waals surface area contributed by atoms with Crippen LogP contribution in [0.5, 0.6) is 11.5 Å². The molecule has 9 heteroatoms. The van der Waals surface area contributed by atoms with Crippen molar-refractivity contribution in [1.82, 2.24) is 15.3 Å². The fourth-order valence-corrected chi connectivity index (χ4v) is 4.97. The van der Waals surface area contributed by atoms with E-state index in [2.05, 4.69) is 40.3 Å². The Labute approximate surface area is 213 Å². The average Bonchev–Trinajstić information content (AvgIpc) is 2.88.